The third-order valence-corrected chi connectivity index (χ3v) is 5.05. The average molecular weight is 358 g/mol. The minimum atomic E-state index is -0.583. The Kier molecular flexibility index (Phi) is 4.85. The summed E-state index contributed by atoms with van der Waals surface area (Å²) in [5.74, 6) is -1.50. The quantitative estimate of drug-likeness (QED) is 0.854. The number of benzene rings is 2. The summed E-state index contributed by atoms with van der Waals surface area (Å²) in [7, 11) is 1.48. The van der Waals surface area contributed by atoms with Crippen molar-refractivity contribution in [3.63, 3.8) is 0 Å². The molecule has 2 aromatic carbocycles. The number of likely N-dealkylation sites (tertiary alicyclic amines) is 1. The van der Waals surface area contributed by atoms with E-state index in [9.17, 15) is 18.8 Å². The van der Waals surface area contributed by atoms with E-state index in [2.05, 4.69) is 5.32 Å². The molecule has 1 atom stereocenters. The van der Waals surface area contributed by atoms with Crippen LogP contribution in [0.2, 0.25) is 0 Å². The second-order valence-corrected chi connectivity index (χ2v) is 6.84. The lowest BCUT2D eigenvalue weighted by molar-refractivity contribution is -0.136. The first-order valence-electron chi connectivity index (χ1n) is 7.58. The summed E-state index contributed by atoms with van der Waals surface area (Å²) in [5.41, 5.74) is 0.489. The molecule has 1 unspecified atom stereocenters. The zero-order valence-corrected chi connectivity index (χ0v) is 14.2. The van der Waals surface area contributed by atoms with Crippen molar-refractivity contribution < 1.29 is 18.8 Å². The average Bonchev–Trinajstić information content (AvgIpc) is 2.84. The highest BCUT2D eigenvalue weighted by atomic mass is 32.2. The Morgan fingerprint density at radius 1 is 1.16 bits per heavy atom. The fourth-order valence-electron chi connectivity index (χ4n) is 2.44. The summed E-state index contributed by atoms with van der Waals surface area (Å²) in [6, 6.07) is 12.6. The lowest BCUT2D eigenvalue weighted by Crippen LogP contribution is -2.26. The van der Waals surface area contributed by atoms with Crippen molar-refractivity contribution in [3.05, 3.63) is 59.9 Å². The van der Waals surface area contributed by atoms with Gasteiger partial charge in [-0.25, -0.2) is 4.39 Å². The molecular weight excluding hydrogens is 343 g/mol. The van der Waals surface area contributed by atoms with Crippen molar-refractivity contribution in [3.8, 4) is 0 Å². The number of hydrogen-bond donors (Lipinski definition) is 1. The van der Waals surface area contributed by atoms with Crippen molar-refractivity contribution in [2.45, 2.75) is 16.6 Å². The van der Waals surface area contributed by atoms with E-state index in [-0.39, 0.29) is 23.8 Å². The number of hydrogen-bond acceptors (Lipinski definition) is 4. The van der Waals surface area contributed by atoms with Gasteiger partial charge in [0, 0.05) is 24.1 Å². The van der Waals surface area contributed by atoms with Gasteiger partial charge in [0.2, 0.25) is 11.8 Å². The molecule has 25 heavy (non-hydrogen) atoms. The van der Waals surface area contributed by atoms with Crippen LogP contribution in [0.25, 0.3) is 0 Å². The molecule has 128 valence electrons. The molecule has 1 saturated heterocycles. The van der Waals surface area contributed by atoms with E-state index >= 15 is 0 Å². The summed E-state index contributed by atoms with van der Waals surface area (Å²) in [4.78, 5) is 37.5. The molecule has 7 heteroatoms. The van der Waals surface area contributed by atoms with Gasteiger partial charge in [-0.1, -0.05) is 12.1 Å². The number of anilines is 1. The van der Waals surface area contributed by atoms with Gasteiger partial charge in [0.25, 0.3) is 5.91 Å². The topological polar surface area (TPSA) is 66.5 Å². The molecule has 1 N–H and O–H groups in total. The number of thioether (sulfide) groups is 1. The molecule has 3 rings (SSSR count). The molecule has 1 heterocycles. The number of nitrogens with one attached hydrogen (secondary N) is 1. The Balaban J connectivity index is 1.65. The first-order valence-corrected chi connectivity index (χ1v) is 8.46. The first kappa shape index (κ1) is 17.2. The van der Waals surface area contributed by atoms with Crippen LogP contribution in [0.15, 0.2) is 53.4 Å². The Morgan fingerprint density at radius 2 is 1.84 bits per heavy atom. The Bertz CT molecular complexity index is 838. The Hall–Kier alpha value is -2.67. The van der Waals surface area contributed by atoms with Crippen molar-refractivity contribution in [1.29, 1.82) is 0 Å². The minimum absolute atomic E-state index is 0.0287. The molecule has 0 radical (unpaired) electrons. The number of carbonyl (C=O) groups excluding carboxylic acids is 3. The second kappa shape index (κ2) is 7.06. The van der Waals surface area contributed by atoms with Crippen LogP contribution in [0.3, 0.4) is 0 Å². The highest BCUT2D eigenvalue weighted by molar-refractivity contribution is 8.00. The zero-order valence-electron chi connectivity index (χ0n) is 13.4. The van der Waals surface area contributed by atoms with Gasteiger partial charge in [-0.05, 0) is 36.4 Å². The predicted molar refractivity (Wildman–Crippen MR) is 92.8 cm³/mol. The predicted octanol–water partition coefficient (Wildman–Crippen LogP) is 2.93. The second-order valence-electron chi connectivity index (χ2n) is 5.56. The first-order chi connectivity index (χ1) is 12.0. The number of imide groups is 1. The van der Waals surface area contributed by atoms with E-state index in [0.29, 0.717) is 5.69 Å². The molecular formula is C18H15FN2O3S. The SMILES string of the molecule is CN1C(=O)CC(Sc2ccc(NC(=O)c3ccccc3F)cc2)C1=O. The van der Waals surface area contributed by atoms with Gasteiger partial charge < -0.3 is 5.32 Å². The lowest BCUT2D eigenvalue weighted by atomic mass is 10.2. The van der Waals surface area contributed by atoms with E-state index in [0.717, 1.165) is 9.80 Å². The molecule has 1 fully saturated rings. The molecule has 0 aliphatic carbocycles. The van der Waals surface area contributed by atoms with Gasteiger partial charge in [0.15, 0.2) is 0 Å². The summed E-state index contributed by atoms with van der Waals surface area (Å²) in [6.07, 6.45) is 0.186. The van der Waals surface area contributed by atoms with E-state index in [1.807, 2.05) is 0 Å². The third-order valence-electron chi connectivity index (χ3n) is 3.85. The smallest absolute Gasteiger partial charge is 0.258 e. The monoisotopic (exact) mass is 358 g/mol. The molecule has 5 nitrogen and oxygen atoms in total. The number of rotatable bonds is 4. The molecule has 0 bridgehead atoms. The zero-order chi connectivity index (χ0) is 18.0. The van der Waals surface area contributed by atoms with Gasteiger partial charge in [-0.3, -0.25) is 19.3 Å². The number of nitrogens with zero attached hydrogens (tertiary/aromatic N) is 1. The number of amides is 3. The maximum absolute atomic E-state index is 13.6. The molecule has 2 aromatic rings. The fraction of sp³-hybridized carbons (Fsp3) is 0.167. The summed E-state index contributed by atoms with van der Waals surface area (Å²) < 4.78 is 13.6. The van der Waals surface area contributed by atoms with E-state index in [4.69, 9.17) is 0 Å². The van der Waals surface area contributed by atoms with Crippen molar-refractivity contribution >= 4 is 35.2 Å². The minimum Gasteiger partial charge on any atom is -0.322 e. The summed E-state index contributed by atoms with van der Waals surface area (Å²) in [5, 5.41) is 2.21. The van der Waals surface area contributed by atoms with Crippen molar-refractivity contribution in [1.82, 2.24) is 4.90 Å². The van der Waals surface area contributed by atoms with Gasteiger partial charge in [-0.2, -0.15) is 0 Å². The van der Waals surface area contributed by atoms with Gasteiger partial charge in [-0.15, -0.1) is 11.8 Å². The van der Waals surface area contributed by atoms with E-state index in [1.165, 1.54) is 37.0 Å². The third kappa shape index (κ3) is 3.71. The summed E-state index contributed by atoms with van der Waals surface area (Å²) in [6.45, 7) is 0. The molecule has 3 amide bonds. The van der Waals surface area contributed by atoms with Crippen molar-refractivity contribution in [2.75, 3.05) is 12.4 Å². The molecule has 1 aliphatic heterocycles. The van der Waals surface area contributed by atoms with Crippen LogP contribution in [0.4, 0.5) is 10.1 Å². The van der Waals surface area contributed by atoms with Crippen molar-refractivity contribution in [2.24, 2.45) is 0 Å². The van der Waals surface area contributed by atoms with Gasteiger partial charge in [0.1, 0.15) is 5.82 Å². The summed E-state index contributed by atoms with van der Waals surface area (Å²) >= 11 is 1.31. The number of halogens is 1. The van der Waals surface area contributed by atoms with Crippen LogP contribution >= 0.6 is 11.8 Å². The fourth-order valence-corrected chi connectivity index (χ4v) is 3.55. The maximum Gasteiger partial charge on any atom is 0.258 e. The lowest BCUT2D eigenvalue weighted by Gasteiger charge is -2.10. The van der Waals surface area contributed by atoms with Crippen LogP contribution < -0.4 is 5.32 Å². The van der Waals surface area contributed by atoms with E-state index in [1.54, 1.807) is 30.3 Å². The molecule has 0 aromatic heterocycles. The normalized spacial score (nSPS) is 17.0. The highest BCUT2D eigenvalue weighted by Crippen LogP contribution is 2.31. The number of carbonyl (C=O) groups is 3. The molecule has 1 aliphatic rings. The molecule has 0 saturated carbocycles. The Morgan fingerprint density at radius 3 is 2.44 bits per heavy atom. The van der Waals surface area contributed by atoms with Crippen LogP contribution in [-0.4, -0.2) is 34.9 Å². The van der Waals surface area contributed by atoms with Crippen LogP contribution in [0.5, 0.6) is 0 Å². The Labute approximate surface area is 148 Å². The van der Waals surface area contributed by atoms with E-state index < -0.39 is 17.0 Å². The largest absolute Gasteiger partial charge is 0.322 e. The van der Waals surface area contributed by atoms with Crippen LogP contribution in [0.1, 0.15) is 16.8 Å². The standard InChI is InChI=1S/C18H15FN2O3S/c1-21-16(22)10-15(18(21)24)25-12-8-6-11(7-9-12)20-17(23)13-4-2-3-5-14(13)19/h2-9,15H,10H2,1H3,(H,20,23). The van der Waals surface area contributed by atoms with Gasteiger partial charge >= 0.3 is 0 Å². The highest BCUT2D eigenvalue weighted by Gasteiger charge is 2.36. The maximum atomic E-state index is 13.6. The molecule has 0 spiro atoms. The van der Waals surface area contributed by atoms with Crippen LogP contribution in [0, 0.1) is 5.82 Å². The van der Waals surface area contributed by atoms with Gasteiger partial charge in [0.05, 0.1) is 10.8 Å². The van der Waals surface area contributed by atoms with Crippen LogP contribution in [-0.2, 0) is 9.59 Å².